The van der Waals surface area contributed by atoms with Gasteiger partial charge in [0.1, 0.15) is 0 Å². The second kappa shape index (κ2) is 7.43. The summed E-state index contributed by atoms with van der Waals surface area (Å²) in [6.45, 7) is 3.88. The molecule has 0 N–H and O–H groups in total. The number of hydrogen-bond donors (Lipinski definition) is 0. The zero-order valence-corrected chi connectivity index (χ0v) is 15.4. The number of aryl methyl sites for hydroxylation is 1. The lowest BCUT2D eigenvalue weighted by Gasteiger charge is -2.35. The van der Waals surface area contributed by atoms with Gasteiger partial charge in [-0.1, -0.05) is 29.8 Å². The van der Waals surface area contributed by atoms with E-state index in [1.165, 1.54) is 16.4 Å². The third-order valence-electron chi connectivity index (χ3n) is 4.49. The molecule has 0 atom stereocenters. The predicted octanol–water partition coefficient (Wildman–Crippen LogP) is 2.56. The van der Waals surface area contributed by atoms with E-state index in [1.54, 1.807) is 12.1 Å². The maximum atomic E-state index is 12.7. The van der Waals surface area contributed by atoms with Crippen LogP contribution in [-0.2, 0) is 15.8 Å². The third-order valence-corrected chi connectivity index (χ3v) is 6.34. The van der Waals surface area contributed by atoms with Gasteiger partial charge in [-0.3, -0.25) is 10.1 Å². The first-order valence-corrected chi connectivity index (χ1v) is 9.99. The van der Waals surface area contributed by atoms with E-state index < -0.39 is 14.9 Å². The van der Waals surface area contributed by atoms with E-state index in [4.69, 9.17) is 0 Å². The van der Waals surface area contributed by atoms with Crippen LogP contribution >= 0.6 is 0 Å². The summed E-state index contributed by atoms with van der Waals surface area (Å²) >= 11 is 0. The summed E-state index contributed by atoms with van der Waals surface area (Å²) in [6.07, 6.45) is 0. The van der Waals surface area contributed by atoms with Crippen LogP contribution in [0.4, 0.5) is 11.4 Å². The molecule has 26 heavy (non-hydrogen) atoms. The number of rotatable bonds is 5. The van der Waals surface area contributed by atoms with Crippen molar-refractivity contribution in [2.45, 2.75) is 12.7 Å². The van der Waals surface area contributed by atoms with Crippen molar-refractivity contribution in [3.8, 4) is 0 Å². The molecule has 7 nitrogen and oxygen atoms in total. The lowest BCUT2D eigenvalue weighted by atomic mass is 10.2. The van der Waals surface area contributed by atoms with Crippen molar-refractivity contribution in [2.24, 2.45) is 0 Å². The highest BCUT2D eigenvalue weighted by Gasteiger charge is 2.27. The number of nitro groups is 1. The lowest BCUT2D eigenvalue weighted by Crippen LogP contribution is -2.49. The van der Waals surface area contributed by atoms with Crippen LogP contribution in [0.1, 0.15) is 11.1 Å². The molecule has 0 spiro atoms. The molecule has 0 aromatic heterocycles. The molecule has 1 saturated heterocycles. The van der Waals surface area contributed by atoms with Crippen LogP contribution in [0.5, 0.6) is 0 Å². The molecular formula is C18H21N3O4S. The molecule has 1 heterocycles. The molecule has 0 amide bonds. The van der Waals surface area contributed by atoms with E-state index in [1.807, 2.05) is 36.1 Å². The van der Waals surface area contributed by atoms with E-state index in [0.717, 1.165) is 16.8 Å². The van der Waals surface area contributed by atoms with Gasteiger partial charge in [-0.2, -0.15) is 4.31 Å². The molecule has 1 fully saturated rings. The number of nitrogens with zero attached hydrogens (tertiary/aromatic N) is 3. The quantitative estimate of drug-likeness (QED) is 0.592. The van der Waals surface area contributed by atoms with E-state index in [0.29, 0.717) is 26.2 Å². The lowest BCUT2D eigenvalue weighted by molar-refractivity contribution is -0.384. The average Bonchev–Trinajstić information content (AvgIpc) is 2.61. The fourth-order valence-corrected chi connectivity index (χ4v) is 4.62. The van der Waals surface area contributed by atoms with Crippen LogP contribution in [0.2, 0.25) is 0 Å². The number of piperazine rings is 1. The van der Waals surface area contributed by atoms with Crippen LogP contribution < -0.4 is 4.90 Å². The Kier molecular flexibility index (Phi) is 5.24. The third kappa shape index (κ3) is 4.20. The number of sulfonamides is 1. The van der Waals surface area contributed by atoms with E-state index in [9.17, 15) is 18.5 Å². The number of anilines is 1. The zero-order valence-electron chi connectivity index (χ0n) is 14.5. The topological polar surface area (TPSA) is 83.8 Å². The van der Waals surface area contributed by atoms with Gasteiger partial charge in [0.25, 0.3) is 5.69 Å². The standard InChI is InChI=1S/C18H21N3O4S/c1-15-3-2-4-16(13-15)14-26(24,25)20-11-9-19(10-12-20)17-5-7-18(8-6-17)21(22)23/h2-8,13H,9-12,14H2,1H3. The molecular weight excluding hydrogens is 354 g/mol. The molecule has 1 aliphatic rings. The van der Waals surface area contributed by atoms with E-state index in [2.05, 4.69) is 0 Å². The van der Waals surface area contributed by atoms with Gasteiger partial charge in [-0.25, -0.2) is 8.42 Å². The molecule has 0 unspecified atom stereocenters. The number of benzene rings is 2. The summed E-state index contributed by atoms with van der Waals surface area (Å²) < 4.78 is 26.8. The summed E-state index contributed by atoms with van der Waals surface area (Å²) in [5.74, 6) is 0.00616. The van der Waals surface area contributed by atoms with Gasteiger partial charge in [0.05, 0.1) is 10.7 Å². The maximum Gasteiger partial charge on any atom is 0.269 e. The minimum atomic E-state index is -3.36. The second-order valence-electron chi connectivity index (χ2n) is 6.40. The Hall–Kier alpha value is -2.45. The monoisotopic (exact) mass is 375 g/mol. The Bertz CT molecular complexity index is 889. The van der Waals surface area contributed by atoms with Crippen LogP contribution in [0.3, 0.4) is 0 Å². The van der Waals surface area contributed by atoms with Crippen LogP contribution in [0.25, 0.3) is 0 Å². The summed E-state index contributed by atoms with van der Waals surface area (Å²) in [4.78, 5) is 12.3. The molecule has 0 bridgehead atoms. The summed E-state index contributed by atoms with van der Waals surface area (Å²) in [7, 11) is -3.36. The highest BCUT2D eigenvalue weighted by molar-refractivity contribution is 7.88. The Balaban J connectivity index is 1.63. The second-order valence-corrected chi connectivity index (χ2v) is 8.37. The molecule has 0 aliphatic carbocycles. The molecule has 8 heteroatoms. The zero-order chi connectivity index (χ0) is 18.7. The molecule has 0 radical (unpaired) electrons. The largest absolute Gasteiger partial charge is 0.369 e. The van der Waals surface area contributed by atoms with Crippen LogP contribution in [0.15, 0.2) is 48.5 Å². The Morgan fingerprint density at radius 2 is 1.69 bits per heavy atom. The van der Waals surface area contributed by atoms with Crippen molar-refractivity contribution in [1.29, 1.82) is 0 Å². The summed E-state index contributed by atoms with van der Waals surface area (Å²) in [5, 5.41) is 10.7. The van der Waals surface area contributed by atoms with Crippen LogP contribution in [0, 0.1) is 17.0 Å². The Morgan fingerprint density at radius 3 is 2.27 bits per heavy atom. The van der Waals surface area contributed by atoms with Crippen molar-refractivity contribution in [1.82, 2.24) is 4.31 Å². The molecule has 3 rings (SSSR count). The van der Waals surface area contributed by atoms with E-state index >= 15 is 0 Å². The summed E-state index contributed by atoms with van der Waals surface area (Å²) in [6, 6.07) is 13.9. The van der Waals surface area contributed by atoms with Gasteiger partial charge >= 0.3 is 0 Å². The number of nitro benzene ring substituents is 1. The SMILES string of the molecule is Cc1cccc(CS(=O)(=O)N2CCN(c3ccc([N+](=O)[O-])cc3)CC2)c1. The average molecular weight is 375 g/mol. The van der Waals surface area contributed by atoms with Gasteiger partial charge < -0.3 is 4.90 Å². The fourth-order valence-electron chi connectivity index (χ4n) is 3.11. The van der Waals surface area contributed by atoms with E-state index in [-0.39, 0.29) is 11.4 Å². The van der Waals surface area contributed by atoms with Crippen molar-refractivity contribution in [3.63, 3.8) is 0 Å². The van der Waals surface area contributed by atoms with Crippen molar-refractivity contribution in [2.75, 3.05) is 31.1 Å². The highest BCUT2D eigenvalue weighted by Crippen LogP contribution is 2.22. The molecule has 2 aromatic rings. The van der Waals surface area contributed by atoms with Crippen LogP contribution in [-0.4, -0.2) is 43.8 Å². The van der Waals surface area contributed by atoms with Crippen molar-refractivity contribution in [3.05, 3.63) is 69.8 Å². The number of non-ortho nitro benzene ring substituents is 1. The van der Waals surface area contributed by atoms with Gasteiger partial charge in [-0.15, -0.1) is 0 Å². The predicted molar refractivity (Wildman–Crippen MR) is 101 cm³/mol. The normalized spacial score (nSPS) is 15.8. The first-order chi connectivity index (χ1) is 12.3. The number of hydrogen-bond acceptors (Lipinski definition) is 5. The van der Waals surface area contributed by atoms with Crippen molar-refractivity contribution >= 4 is 21.4 Å². The van der Waals surface area contributed by atoms with Crippen molar-refractivity contribution < 1.29 is 13.3 Å². The first-order valence-electron chi connectivity index (χ1n) is 8.38. The molecule has 0 saturated carbocycles. The highest BCUT2D eigenvalue weighted by atomic mass is 32.2. The minimum absolute atomic E-state index is 0.00616. The Labute approximate surface area is 153 Å². The van der Waals surface area contributed by atoms with Gasteiger partial charge in [0, 0.05) is 44.0 Å². The summed E-state index contributed by atoms with van der Waals surface area (Å²) in [5.41, 5.74) is 2.75. The van der Waals surface area contributed by atoms with Gasteiger partial charge in [-0.05, 0) is 24.6 Å². The smallest absolute Gasteiger partial charge is 0.269 e. The van der Waals surface area contributed by atoms with Gasteiger partial charge in [0.2, 0.25) is 10.0 Å². The maximum absolute atomic E-state index is 12.7. The Morgan fingerprint density at radius 1 is 1.04 bits per heavy atom. The molecule has 138 valence electrons. The minimum Gasteiger partial charge on any atom is -0.369 e. The van der Waals surface area contributed by atoms with Gasteiger partial charge in [0.15, 0.2) is 0 Å². The molecule has 1 aliphatic heterocycles. The molecule has 2 aromatic carbocycles. The fraction of sp³-hybridized carbons (Fsp3) is 0.333. The first kappa shape index (κ1) is 18.3.